The van der Waals surface area contributed by atoms with Crippen LogP contribution in [0.1, 0.15) is 19.8 Å². The van der Waals surface area contributed by atoms with Gasteiger partial charge in [0.25, 0.3) is 0 Å². The molecule has 1 atom stereocenters. The lowest BCUT2D eigenvalue weighted by molar-refractivity contribution is -0.118. The number of rotatable bonds is 3. The molecule has 1 fully saturated rings. The van der Waals surface area contributed by atoms with Crippen molar-refractivity contribution in [2.75, 3.05) is 0 Å². The fourth-order valence-corrected chi connectivity index (χ4v) is 2.64. The Bertz CT molecular complexity index is 403. The van der Waals surface area contributed by atoms with E-state index >= 15 is 0 Å². The highest BCUT2D eigenvalue weighted by molar-refractivity contribution is 8.15. The van der Waals surface area contributed by atoms with E-state index in [4.69, 9.17) is 0 Å². The number of amidine groups is 1. The van der Waals surface area contributed by atoms with Crippen LogP contribution in [0.5, 0.6) is 0 Å². The monoisotopic (exact) mass is 234 g/mol. The number of amides is 1. The van der Waals surface area contributed by atoms with Gasteiger partial charge < -0.3 is 5.32 Å². The van der Waals surface area contributed by atoms with Gasteiger partial charge in [-0.15, -0.1) is 0 Å². The fourth-order valence-electron chi connectivity index (χ4n) is 1.53. The van der Waals surface area contributed by atoms with Crippen molar-refractivity contribution in [3.63, 3.8) is 0 Å². The van der Waals surface area contributed by atoms with E-state index in [2.05, 4.69) is 17.2 Å². The van der Waals surface area contributed by atoms with Gasteiger partial charge in [0.05, 0.1) is 10.9 Å². The summed E-state index contributed by atoms with van der Waals surface area (Å²) in [6.07, 6.45) is 1.92. The Kier molecular flexibility index (Phi) is 3.62. The summed E-state index contributed by atoms with van der Waals surface area (Å²) in [6.45, 7) is 2.08. The average molecular weight is 234 g/mol. The first kappa shape index (κ1) is 11.2. The zero-order chi connectivity index (χ0) is 11.4. The number of thioether (sulfide) groups is 1. The van der Waals surface area contributed by atoms with Gasteiger partial charge in [0.1, 0.15) is 0 Å². The Morgan fingerprint density at radius 2 is 2.12 bits per heavy atom. The van der Waals surface area contributed by atoms with Gasteiger partial charge in [0.2, 0.25) is 5.91 Å². The zero-order valence-corrected chi connectivity index (χ0v) is 9.96. The highest BCUT2D eigenvalue weighted by Crippen LogP contribution is 2.25. The van der Waals surface area contributed by atoms with Crippen LogP contribution in [0.2, 0.25) is 0 Å². The number of carbonyl (C=O) groups is 1. The summed E-state index contributed by atoms with van der Waals surface area (Å²) < 4.78 is 0. The second-order valence-corrected chi connectivity index (χ2v) is 4.83. The van der Waals surface area contributed by atoms with Crippen molar-refractivity contribution < 1.29 is 4.79 Å². The van der Waals surface area contributed by atoms with E-state index in [0.29, 0.717) is 0 Å². The van der Waals surface area contributed by atoms with Crippen LogP contribution in [0, 0.1) is 0 Å². The number of hydrogen-bond donors (Lipinski definition) is 1. The third-order valence-corrected chi connectivity index (χ3v) is 3.47. The molecule has 3 nitrogen and oxygen atoms in total. The summed E-state index contributed by atoms with van der Waals surface area (Å²) in [4.78, 5) is 15.9. The Labute approximate surface area is 99.3 Å². The third-order valence-electron chi connectivity index (χ3n) is 2.31. The number of aliphatic imine (C=N–C) groups is 1. The molecule has 1 aromatic rings. The van der Waals surface area contributed by atoms with Crippen molar-refractivity contribution in [3.8, 4) is 0 Å². The van der Waals surface area contributed by atoms with E-state index in [1.54, 1.807) is 0 Å². The predicted molar refractivity (Wildman–Crippen MR) is 68.0 cm³/mol. The van der Waals surface area contributed by atoms with Gasteiger partial charge in [-0.25, -0.2) is 4.99 Å². The molecule has 1 N–H and O–H groups in total. The average Bonchev–Trinajstić information content (AvgIpc) is 2.61. The highest BCUT2D eigenvalue weighted by atomic mass is 32.2. The van der Waals surface area contributed by atoms with Crippen LogP contribution in [0.3, 0.4) is 0 Å². The normalized spacial score (nSPS) is 22.4. The molecule has 84 valence electrons. The summed E-state index contributed by atoms with van der Waals surface area (Å²) in [5.41, 5.74) is 0.877. The minimum Gasteiger partial charge on any atom is -0.304 e. The van der Waals surface area contributed by atoms with Crippen molar-refractivity contribution >= 4 is 28.5 Å². The number of nitrogens with one attached hydrogen (secondary N) is 1. The minimum absolute atomic E-state index is 0.0347. The molecule has 1 unspecified atom stereocenters. The largest absolute Gasteiger partial charge is 0.304 e. The molecule has 0 aliphatic carbocycles. The molecule has 1 saturated heterocycles. The molecule has 4 heteroatoms. The maximum atomic E-state index is 11.6. The minimum atomic E-state index is 0.0347. The SMILES string of the molecule is CCCC1SC(=Nc2ccccc2)NC1=O. The van der Waals surface area contributed by atoms with Crippen molar-refractivity contribution in [2.24, 2.45) is 4.99 Å². The Balaban J connectivity index is 2.08. The van der Waals surface area contributed by atoms with Crippen LogP contribution in [0.25, 0.3) is 0 Å². The van der Waals surface area contributed by atoms with E-state index in [9.17, 15) is 4.79 Å². The maximum Gasteiger partial charge on any atom is 0.239 e. The van der Waals surface area contributed by atoms with Gasteiger partial charge in [-0.05, 0) is 18.6 Å². The lowest BCUT2D eigenvalue weighted by atomic mass is 10.2. The predicted octanol–water partition coefficient (Wildman–Crippen LogP) is 2.71. The fraction of sp³-hybridized carbons (Fsp3) is 0.333. The first-order chi connectivity index (χ1) is 7.79. The summed E-state index contributed by atoms with van der Waals surface area (Å²) in [5, 5.41) is 3.56. The molecule has 0 bridgehead atoms. The number of nitrogens with zero attached hydrogens (tertiary/aromatic N) is 1. The molecule has 2 rings (SSSR count). The second-order valence-electron chi connectivity index (χ2n) is 3.64. The Morgan fingerprint density at radius 3 is 2.81 bits per heavy atom. The van der Waals surface area contributed by atoms with Crippen LogP contribution in [0.4, 0.5) is 5.69 Å². The molecule has 1 aliphatic rings. The molecule has 0 aromatic heterocycles. The van der Waals surface area contributed by atoms with Crippen molar-refractivity contribution in [1.82, 2.24) is 5.32 Å². The molecular formula is C12H14N2OS. The van der Waals surface area contributed by atoms with Crippen LogP contribution in [0.15, 0.2) is 35.3 Å². The molecular weight excluding hydrogens is 220 g/mol. The maximum absolute atomic E-state index is 11.6. The van der Waals surface area contributed by atoms with Gasteiger partial charge in [0, 0.05) is 0 Å². The van der Waals surface area contributed by atoms with Crippen LogP contribution >= 0.6 is 11.8 Å². The third kappa shape index (κ3) is 2.64. The summed E-state index contributed by atoms with van der Waals surface area (Å²) in [5.74, 6) is 0.0848. The van der Waals surface area contributed by atoms with E-state index in [-0.39, 0.29) is 11.2 Å². The van der Waals surface area contributed by atoms with Crippen molar-refractivity contribution in [1.29, 1.82) is 0 Å². The lowest BCUT2D eigenvalue weighted by Crippen LogP contribution is -2.24. The quantitative estimate of drug-likeness (QED) is 0.873. The molecule has 0 saturated carbocycles. The van der Waals surface area contributed by atoms with Gasteiger partial charge >= 0.3 is 0 Å². The number of carbonyl (C=O) groups excluding carboxylic acids is 1. The number of para-hydroxylation sites is 1. The number of hydrogen-bond acceptors (Lipinski definition) is 3. The molecule has 0 spiro atoms. The summed E-state index contributed by atoms with van der Waals surface area (Å²) in [6, 6.07) is 9.67. The Hall–Kier alpha value is -1.29. The van der Waals surface area contributed by atoms with Crippen molar-refractivity contribution in [2.45, 2.75) is 25.0 Å². The second kappa shape index (κ2) is 5.16. The van der Waals surface area contributed by atoms with Crippen LogP contribution < -0.4 is 5.32 Å². The van der Waals surface area contributed by atoms with Gasteiger partial charge in [0.15, 0.2) is 5.17 Å². The highest BCUT2D eigenvalue weighted by Gasteiger charge is 2.28. The van der Waals surface area contributed by atoms with Gasteiger partial charge in [-0.1, -0.05) is 43.3 Å². The summed E-state index contributed by atoms with van der Waals surface area (Å²) >= 11 is 1.53. The zero-order valence-electron chi connectivity index (χ0n) is 9.14. The molecule has 1 amide bonds. The van der Waals surface area contributed by atoms with E-state index < -0.39 is 0 Å². The molecule has 16 heavy (non-hydrogen) atoms. The molecule has 1 aliphatic heterocycles. The number of benzene rings is 1. The lowest BCUT2D eigenvalue weighted by Gasteiger charge is -1.99. The van der Waals surface area contributed by atoms with E-state index in [1.165, 1.54) is 11.8 Å². The smallest absolute Gasteiger partial charge is 0.239 e. The van der Waals surface area contributed by atoms with Crippen molar-refractivity contribution in [3.05, 3.63) is 30.3 Å². The standard InChI is InChI=1S/C12H14N2OS/c1-2-6-10-11(15)14-12(16-10)13-9-7-4-3-5-8-9/h3-5,7-8,10H,2,6H2,1H3,(H,13,14,15). The van der Waals surface area contributed by atoms with Gasteiger partial charge in [-0.3, -0.25) is 4.79 Å². The molecule has 1 heterocycles. The van der Waals surface area contributed by atoms with Crippen LogP contribution in [-0.4, -0.2) is 16.3 Å². The molecule has 0 radical (unpaired) electrons. The van der Waals surface area contributed by atoms with E-state index in [1.807, 2.05) is 30.3 Å². The molecule has 1 aromatic carbocycles. The van der Waals surface area contributed by atoms with Gasteiger partial charge in [-0.2, -0.15) is 0 Å². The first-order valence-electron chi connectivity index (χ1n) is 5.41. The summed E-state index contributed by atoms with van der Waals surface area (Å²) in [7, 11) is 0. The topological polar surface area (TPSA) is 41.5 Å². The first-order valence-corrected chi connectivity index (χ1v) is 6.29. The van der Waals surface area contributed by atoms with Crippen LogP contribution in [-0.2, 0) is 4.79 Å². The van der Waals surface area contributed by atoms with E-state index in [0.717, 1.165) is 23.7 Å². The Morgan fingerprint density at radius 1 is 1.38 bits per heavy atom.